The summed E-state index contributed by atoms with van der Waals surface area (Å²) < 4.78 is 26.1. The number of amides is 1. The first-order valence-corrected chi connectivity index (χ1v) is 9.55. The number of hydrogen-bond acceptors (Lipinski definition) is 4. The Hall–Kier alpha value is -1.91. The third kappa shape index (κ3) is 4.56. The Morgan fingerprint density at radius 1 is 1.29 bits per heavy atom. The lowest BCUT2D eigenvalue weighted by Crippen LogP contribution is -2.44. The van der Waals surface area contributed by atoms with Crippen LogP contribution in [0.15, 0.2) is 35.2 Å². The van der Waals surface area contributed by atoms with Gasteiger partial charge in [-0.15, -0.1) is 0 Å². The van der Waals surface area contributed by atoms with Gasteiger partial charge in [0.15, 0.2) is 0 Å². The zero-order valence-electron chi connectivity index (χ0n) is 13.9. The van der Waals surface area contributed by atoms with Crippen LogP contribution in [0.3, 0.4) is 0 Å². The lowest BCUT2D eigenvalue weighted by atomic mass is 9.85. The minimum Gasteiger partial charge on any atom is -0.340 e. The summed E-state index contributed by atoms with van der Waals surface area (Å²) in [4.78, 5) is 14.3. The number of nitrogens with zero attached hydrogens (tertiary/aromatic N) is 3. The number of hydrogen-bond donors (Lipinski definition) is 0. The largest absolute Gasteiger partial charge is 0.340 e. The molecular weight excluding hydrogens is 326 g/mol. The molecular formula is C17H23N3O3S. The van der Waals surface area contributed by atoms with Crippen molar-refractivity contribution in [2.45, 2.75) is 30.6 Å². The van der Waals surface area contributed by atoms with Crippen LogP contribution in [0.25, 0.3) is 0 Å². The molecule has 1 aromatic carbocycles. The van der Waals surface area contributed by atoms with E-state index < -0.39 is 10.0 Å². The van der Waals surface area contributed by atoms with Gasteiger partial charge >= 0.3 is 0 Å². The fourth-order valence-corrected chi connectivity index (χ4v) is 3.78. The standard InChI is InChI=1S/C17H23N3O3S/c1-19(24(22,23)16-9-3-2-4-10-16)14-17(21)20(12-6-11-18)13-15-7-5-8-15/h2-4,9-10,15H,5-8,12-14H2,1H3. The van der Waals surface area contributed by atoms with E-state index in [0.29, 0.717) is 19.0 Å². The minimum atomic E-state index is -3.69. The minimum absolute atomic E-state index is 0.169. The van der Waals surface area contributed by atoms with E-state index in [4.69, 9.17) is 5.26 Å². The van der Waals surface area contributed by atoms with Gasteiger partial charge < -0.3 is 4.90 Å². The number of carbonyl (C=O) groups excluding carboxylic acids is 1. The van der Waals surface area contributed by atoms with Crippen molar-refractivity contribution in [1.29, 1.82) is 5.26 Å². The van der Waals surface area contributed by atoms with Crippen LogP contribution in [0, 0.1) is 17.2 Å². The van der Waals surface area contributed by atoms with E-state index in [0.717, 1.165) is 17.1 Å². The third-order valence-corrected chi connectivity index (χ3v) is 6.18. The maximum absolute atomic E-state index is 12.5. The molecule has 7 heteroatoms. The number of nitriles is 1. The molecule has 0 radical (unpaired) electrons. The predicted octanol–water partition coefficient (Wildman–Crippen LogP) is 1.85. The van der Waals surface area contributed by atoms with E-state index in [9.17, 15) is 13.2 Å². The Balaban J connectivity index is 2.03. The van der Waals surface area contributed by atoms with Crippen molar-refractivity contribution in [1.82, 2.24) is 9.21 Å². The first-order valence-electron chi connectivity index (χ1n) is 8.11. The molecule has 24 heavy (non-hydrogen) atoms. The molecule has 0 N–H and O–H groups in total. The topological polar surface area (TPSA) is 81.5 Å². The van der Waals surface area contributed by atoms with Crippen LogP contribution in [0.1, 0.15) is 25.7 Å². The maximum Gasteiger partial charge on any atom is 0.243 e. The van der Waals surface area contributed by atoms with Crippen molar-refractivity contribution < 1.29 is 13.2 Å². The number of likely N-dealkylation sites (N-methyl/N-ethyl adjacent to an activating group) is 1. The summed E-state index contributed by atoms with van der Waals surface area (Å²) in [6, 6.07) is 10.1. The molecule has 1 amide bonds. The molecule has 0 spiro atoms. The highest BCUT2D eigenvalue weighted by Crippen LogP contribution is 2.27. The molecule has 2 rings (SSSR count). The summed E-state index contributed by atoms with van der Waals surface area (Å²) in [7, 11) is -2.28. The molecule has 1 saturated carbocycles. The van der Waals surface area contributed by atoms with Crippen LogP contribution in [0.5, 0.6) is 0 Å². The van der Waals surface area contributed by atoms with Gasteiger partial charge in [0.1, 0.15) is 0 Å². The van der Waals surface area contributed by atoms with Crippen LogP contribution >= 0.6 is 0 Å². The highest BCUT2D eigenvalue weighted by molar-refractivity contribution is 7.89. The Labute approximate surface area is 143 Å². The lowest BCUT2D eigenvalue weighted by molar-refractivity contribution is -0.132. The molecule has 1 aliphatic carbocycles. The highest BCUT2D eigenvalue weighted by atomic mass is 32.2. The van der Waals surface area contributed by atoms with Gasteiger partial charge in [0.25, 0.3) is 0 Å². The summed E-state index contributed by atoms with van der Waals surface area (Å²) in [6.45, 7) is 0.750. The summed E-state index contributed by atoms with van der Waals surface area (Å²) in [5.41, 5.74) is 0. The molecule has 0 aliphatic heterocycles. The first kappa shape index (κ1) is 18.4. The average Bonchev–Trinajstić information content (AvgIpc) is 2.53. The summed E-state index contributed by atoms with van der Waals surface area (Å²) in [5, 5.41) is 8.77. The molecule has 6 nitrogen and oxygen atoms in total. The van der Waals surface area contributed by atoms with Crippen LogP contribution in [-0.2, 0) is 14.8 Å². The molecule has 1 aliphatic rings. The van der Waals surface area contributed by atoms with Gasteiger partial charge in [-0.3, -0.25) is 4.79 Å². The van der Waals surface area contributed by atoms with Crippen LogP contribution in [0.2, 0.25) is 0 Å². The van der Waals surface area contributed by atoms with Crippen LogP contribution in [-0.4, -0.2) is 50.2 Å². The zero-order chi connectivity index (χ0) is 17.6. The van der Waals surface area contributed by atoms with Crippen LogP contribution in [0.4, 0.5) is 0 Å². The van der Waals surface area contributed by atoms with E-state index in [2.05, 4.69) is 0 Å². The Kier molecular flexibility index (Phi) is 6.35. The smallest absolute Gasteiger partial charge is 0.243 e. The molecule has 0 heterocycles. The summed E-state index contributed by atoms with van der Waals surface area (Å²) in [5.74, 6) is 0.225. The van der Waals surface area contributed by atoms with Gasteiger partial charge in [0.2, 0.25) is 15.9 Å². The van der Waals surface area contributed by atoms with Gasteiger partial charge in [0.05, 0.1) is 23.9 Å². The van der Waals surface area contributed by atoms with Gasteiger partial charge in [-0.2, -0.15) is 9.57 Å². The normalized spacial score (nSPS) is 14.9. The van der Waals surface area contributed by atoms with Gasteiger partial charge in [-0.25, -0.2) is 8.42 Å². The summed E-state index contributed by atoms with van der Waals surface area (Å²) in [6.07, 6.45) is 3.61. The van der Waals surface area contributed by atoms with E-state index in [-0.39, 0.29) is 23.8 Å². The van der Waals surface area contributed by atoms with E-state index in [1.54, 1.807) is 23.1 Å². The van der Waals surface area contributed by atoms with Crippen molar-refractivity contribution >= 4 is 15.9 Å². The number of carbonyl (C=O) groups is 1. The SMILES string of the molecule is CN(CC(=O)N(CCC#N)CC1CCC1)S(=O)(=O)c1ccccc1. The molecule has 0 saturated heterocycles. The first-order chi connectivity index (χ1) is 11.4. The molecule has 1 fully saturated rings. The van der Waals surface area contributed by atoms with Crippen molar-refractivity contribution in [3.63, 3.8) is 0 Å². The Morgan fingerprint density at radius 3 is 2.50 bits per heavy atom. The zero-order valence-corrected chi connectivity index (χ0v) is 14.7. The molecule has 130 valence electrons. The van der Waals surface area contributed by atoms with Crippen molar-refractivity contribution in [3.05, 3.63) is 30.3 Å². The number of sulfonamides is 1. The van der Waals surface area contributed by atoms with Gasteiger partial charge in [-0.05, 0) is 30.9 Å². The van der Waals surface area contributed by atoms with E-state index in [1.807, 2.05) is 6.07 Å². The van der Waals surface area contributed by atoms with Crippen molar-refractivity contribution in [2.75, 3.05) is 26.7 Å². The highest BCUT2D eigenvalue weighted by Gasteiger charge is 2.27. The molecule has 0 atom stereocenters. The quantitative estimate of drug-likeness (QED) is 0.717. The van der Waals surface area contributed by atoms with Crippen molar-refractivity contribution in [3.8, 4) is 6.07 Å². The third-order valence-electron chi connectivity index (χ3n) is 4.36. The molecule has 0 unspecified atom stereocenters. The average molecular weight is 349 g/mol. The second-order valence-corrected chi connectivity index (χ2v) is 8.16. The van der Waals surface area contributed by atoms with E-state index in [1.165, 1.54) is 25.6 Å². The fourth-order valence-electron chi connectivity index (χ4n) is 2.64. The molecule has 0 bridgehead atoms. The van der Waals surface area contributed by atoms with Gasteiger partial charge in [-0.1, -0.05) is 24.6 Å². The van der Waals surface area contributed by atoms with Crippen molar-refractivity contribution in [2.24, 2.45) is 5.92 Å². The number of benzene rings is 1. The second kappa shape index (κ2) is 8.27. The Morgan fingerprint density at radius 2 is 1.96 bits per heavy atom. The van der Waals surface area contributed by atoms with Crippen LogP contribution < -0.4 is 0 Å². The predicted molar refractivity (Wildman–Crippen MR) is 90.4 cm³/mol. The molecule has 0 aromatic heterocycles. The maximum atomic E-state index is 12.5. The molecule has 1 aromatic rings. The number of rotatable bonds is 8. The Bertz CT molecular complexity index is 694. The lowest BCUT2D eigenvalue weighted by Gasteiger charge is -2.32. The fraction of sp³-hybridized carbons (Fsp3) is 0.529. The second-order valence-electron chi connectivity index (χ2n) is 6.12. The monoisotopic (exact) mass is 349 g/mol. The summed E-state index contributed by atoms with van der Waals surface area (Å²) >= 11 is 0. The van der Waals surface area contributed by atoms with Gasteiger partial charge in [0, 0.05) is 20.1 Å². The van der Waals surface area contributed by atoms with E-state index >= 15 is 0 Å².